The Bertz CT molecular complexity index is 724. The van der Waals surface area contributed by atoms with Gasteiger partial charge in [0.2, 0.25) is 0 Å². The average Bonchev–Trinajstić information content (AvgIpc) is 2.66. The summed E-state index contributed by atoms with van der Waals surface area (Å²) in [6.45, 7) is 3.53. The van der Waals surface area contributed by atoms with Gasteiger partial charge < -0.3 is 9.47 Å². The molecule has 0 saturated heterocycles. The van der Waals surface area contributed by atoms with Crippen molar-refractivity contribution < 1.29 is 23.9 Å². The fourth-order valence-corrected chi connectivity index (χ4v) is 2.05. The van der Waals surface area contributed by atoms with Gasteiger partial charge in [-0.1, -0.05) is 55.5 Å². The monoisotopic (exact) mass is 340 g/mol. The topological polar surface area (TPSA) is 69.7 Å². The summed E-state index contributed by atoms with van der Waals surface area (Å²) in [6.07, 6.45) is -0.566. The summed E-state index contributed by atoms with van der Waals surface area (Å²) in [4.78, 5) is 35.8. The van der Waals surface area contributed by atoms with E-state index in [2.05, 4.69) is 0 Å². The second-order valence-corrected chi connectivity index (χ2v) is 5.75. The SMILES string of the molecule is CC(COC(=O)c1ccccc1)C(C)OC(=O)C(=O)c1ccccc1. The molecule has 5 nitrogen and oxygen atoms in total. The van der Waals surface area contributed by atoms with Crippen LogP contribution in [0.25, 0.3) is 0 Å². The number of ketones is 1. The van der Waals surface area contributed by atoms with Gasteiger partial charge in [-0.15, -0.1) is 0 Å². The number of rotatable bonds is 7. The highest BCUT2D eigenvalue weighted by molar-refractivity contribution is 6.40. The summed E-state index contributed by atoms with van der Waals surface area (Å²) in [5.74, 6) is -2.30. The van der Waals surface area contributed by atoms with E-state index < -0.39 is 23.8 Å². The van der Waals surface area contributed by atoms with E-state index in [9.17, 15) is 14.4 Å². The highest BCUT2D eigenvalue weighted by Crippen LogP contribution is 2.11. The zero-order chi connectivity index (χ0) is 18.2. The van der Waals surface area contributed by atoms with Gasteiger partial charge in [0.25, 0.3) is 5.78 Å². The predicted molar refractivity (Wildman–Crippen MR) is 92.2 cm³/mol. The van der Waals surface area contributed by atoms with Crippen molar-refractivity contribution in [1.82, 2.24) is 0 Å². The molecule has 0 amide bonds. The maximum Gasteiger partial charge on any atom is 0.379 e. The van der Waals surface area contributed by atoms with Gasteiger partial charge in [0.05, 0.1) is 12.2 Å². The van der Waals surface area contributed by atoms with Crippen molar-refractivity contribution >= 4 is 17.7 Å². The maximum atomic E-state index is 12.0. The molecule has 2 aromatic rings. The third-order valence-electron chi connectivity index (χ3n) is 3.80. The van der Waals surface area contributed by atoms with Crippen LogP contribution in [-0.4, -0.2) is 30.4 Å². The Morgan fingerprint density at radius 3 is 1.92 bits per heavy atom. The number of benzene rings is 2. The number of carbonyl (C=O) groups is 3. The summed E-state index contributed by atoms with van der Waals surface area (Å²) in [5.41, 5.74) is 0.737. The lowest BCUT2D eigenvalue weighted by molar-refractivity contribution is -0.145. The molecule has 130 valence electrons. The minimum Gasteiger partial charge on any atom is -0.462 e. The molecule has 0 saturated carbocycles. The Hall–Kier alpha value is -2.95. The quantitative estimate of drug-likeness (QED) is 0.439. The van der Waals surface area contributed by atoms with E-state index in [4.69, 9.17) is 9.47 Å². The first-order valence-electron chi connectivity index (χ1n) is 8.01. The Kier molecular flexibility index (Phi) is 6.46. The molecule has 0 bridgehead atoms. The van der Waals surface area contributed by atoms with Crippen LogP contribution in [-0.2, 0) is 14.3 Å². The van der Waals surface area contributed by atoms with Crippen LogP contribution in [0.5, 0.6) is 0 Å². The second-order valence-electron chi connectivity index (χ2n) is 5.75. The fraction of sp³-hybridized carbons (Fsp3) is 0.250. The number of Topliss-reactive ketones (excluding diaryl/α,β-unsaturated/α-hetero) is 1. The molecule has 0 spiro atoms. The van der Waals surface area contributed by atoms with Crippen LogP contribution in [0, 0.1) is 5.92 Å². The number of carbonyl (C=O) groups excluding carboxylic acids is 3. The first-order chi connectivity index (χ1) is 12.0. The van der Waals surface area contributed by atoms with Crippen molar-refractivity contribution in [3.8, 4) is 0 Å². The van der Waals surface area contributed by atoms with E-state index in [-0.39, 0.29) is 18.1 Å². The van der Waals surface area contributed by atoms with Gasteiger partial charge in [-0.3, -0.25) is 4.79 Å². The number of esters is 2. The first-order valence-corrected chi connectivity index (χ1v) is 8.01. The van der Waals surface area contributed by atoms with E-state index in [1.165, 1.54) is 0 Å². The van der Waals surface area contributed by atoms with Crippen LogP contribution in [0.3, 0.4) is 0 Å². The Morgan fingerprint density at radius 2 is 1.36 bits per heavy atom. The fourth-order valence-electron chi connectivity index (χ4n) is 2.05. The number of hydrogen-bond acceptors (Lipinski definition) is 5. The van der Waals surface area contributed by atoms with E-state index in [1.807, 2.05) is 6.07 Å². The zero-order valence-corrected chi connectivity index (χ0v) is 14.2. The van der Waals surface area contributed by atoms with Gasteiger partial charge >= 0.3 is 11.9 Å². The van der Waals surface area contributed by atoms with Crippen LogP contribution in [0.4, 0.5) is 0 Å². The molecule has 0 radical (unpaired) electrons. The van der Waals surface area contributed by atoms with Crippen LogP contribution in [0.1, 0.15) is 34.6 Å². The molecule has 0 fully saturated rings. The van der Waals surface area contributed by atoms with Crippen LogP contribution >= 0.6 is 0 Å². The average molecular weight is 340 g/mol. The molecule has 0 aliphatic carbocycles. The smallest absolute Gasteiger partial charge is 0.379 e. The molecule has 2 unspecified atom stereocenters. The molecule has 0 heterocycles. The molecule has 2 rings (SSSR count). The second kappa shape index (κ2) is 8.78. The summed E-state index contributed by atoms with van der Waals surface area (Å²) >= 11 is 0. The Morgan fingerprint density at radius 1 is 0.840 bits per heavy atom. The van der Waals surface area contributed by atoms with Gasteiger partial charge in [-0.25, -0.2) is 9.59 Å². The maximum absolute atomic E-state index is 12.0. The number of hydrogen-bond donors (Lipinski definition) is 0. The predicted octanol–water partition coefficient (Wildman–Crippen LogP) is 3.29. The van der Waals surface area contributed by atoms with Gasteiger partial charge in [0.1, 0.15) is 6.10 Å². The van der Waals surface area contributed by atoms with Gasteiger partial charge in [-0.2, -0.15) is 0 Å². The van der Waals surface area contributed by atoms with Crippen LogP contribution < -0.4 is 0 Å². The molecular formula is C20H20O5. The Balaban J connectivity index is 1.83. The molecule has 2 atom stereocenters. The van der Waals surface area contributed by atoms with E-state index in [0.29, 0.717) is 5.56 Å². The largest absolute Gasteiger partial charge is 0.462 e. The van der Waals surface area contributed by atoms with Crippen molar-refractivity contribution in [1.29, 1.82) is 0 Å². The van der Waals surface area contributed by atoms with E-state index >= 15 is 0 Å². The lowest BCUT2D eigenvalue weighted by atomic mass is 10.1. The van der Waals surface area contributed by atoms with Crippen molar-refractivity contribution in [3.63, 3.8) is 0 Å². The number of ether oxygens (including phenoxy) is 2. The molecule has 0 N–H and O–H groups in total. The van der Waals surface area contributed by atoms with Crippen molar-refractivity contribution in [2.24, 2.45) is 5.92 Å². The minimum absolute atomic E-state index is 0.0850. The van der Waals surface area contributed by atoms with E-state index in [0.717, 1.165) is 0 Å². The van der Waals surface area contributed by atoms with Gasteiger partial charge in [-0.05, 0) is 19.1 Å². The zero-order valence-electron chi connectivity index (χ0n) is 14.2. The normalized spacial score (nSPS) is 12.7. The van der Waals surface area contributed by atoms with Gasteiger partial charge in [0.15, 0.2) is 0 Å². The van der Waals surface area contributed by atoms with Crippen LogP contribution in [0.2, 0.25) is 0 Å². The molecule has 0 aliphatic heterocycles. The summed E-state index contributed by atoms with van der Waals surface area (Å²) in [7, 11) is 0. The minimum atomic E-state index is -0.917. The summed E-state index contributed by atoms with van der Waals surface area (Å²) < 4.78 is 10.4. The van der Waals surface area contributed by atoms with E-state index in [1.54, 1.807) is 68.4 Å². The summed E-state index contributed by atoms with van der Waals surface area (Å²) in [5, 5.41) is 0. The summed E-state index contributed by atoms with van der Waals surface area (Å²) in [6, 6.07) is 16.9. The standard InChI is InChI=1S/C20H20O5/c1-14(13-24-19(22)17-11-7-4-8-12-17)15(2)25-20(23)18(21)16-9-5-3-6-10-16/h3-12,14-15H,13H2,1-2H3. The highest BCUT2D eigenvalue weighted by atomic mass is 16.6. The first kappa shape index (κ1) is 18.4. The molecule has 25 heavy (non-hydrogen) atoms. The molecule has 0 aliphatic rings. The third-order valence-corrected chi connectivity index (χ3v) is 3.80. The molecule has 0 aromatic heterocycles. The molecule has 2 aromatic carbocycles. The molecule has 5 heteroatoms. The lowest BCUT2D eigenvalue weighted by Gasteiger charge is -2.20. The third kappa shape index (κ3) is 5.28. The van der Waals surface area contributed by atoms with Crippen LogP contribution in [0.15, 0.2) is 60.7 Å². The highest BCUT2D eigenvalue weighted by Gasteiger charge is 2.24. The molecular weight excluding hydrogens is 320 g/mol. The van der Waals surface area contributed by atoms with Crippen molar-refractivity contribution in [3.05, 3.63) is 71.8 Å². The Labute approximate surface area is 146 Å². The van der Waals surface area contributed by atoms with Crippen molar-refractivity contribution in [2.45, 2.75) is 20.0 Å². The van der Waals surface area contributed by atoms with Gasteiger partial charge in [0, 0.05) is 11.5 Å². The lowest BCUT2D eigenvalue weighted by Crippen LogP contribution is -2.29. The van der Waals surface area contributed by atoms with Crippen molar-refractivity contribution in [2.75, 3.05) is 6.61 Å².